The van der Waals surface area contributed by atoms with Crippen LogP contribution in [0.2, 0.25) is 0 Å². The number of aliphatic carboxylic acids is 1. The van der Waals surface area contributed by atoms with Crippen LogP contribution in [0.4, 0.5) is 0 Å². The number of ether oxygens (including phenoxy) is 1. The summed E-state index contributed by atoms with van der Waals surface area (Å²) in [6.07, 6.45) is 2.81. The van der Waals surface area contributed by atoms with Gasteiger partial charge in [0.2, 0.25) is 0 Å². The molecule has 5 nitrogen and oxygen atoms in total. The van der Waals surface area contributed by atoms with Crippen molar-refractivity contribution in [1.82, 2.24) is 0 Å². The lowest BCUT2D eigenvalue weighted by atomic mass is 9.60. The van der Waals surface area contributed by atoms with Gasteiger partial charge in [0.25, 0.3) is 0 Å². The first-order valence-corrected chi connectivity index (χ1v) is 10.3. The predicted molar refractivity (Wildman–Crippen MR) is 113 cm³/mol. The van der Waals surface area contributed by atoms with E-state index in [1.54, 1.807) is 12.1 Å². The molecule has 0 aliphatic heterocycles. The lowest BCUT2D eigenvalue weighted by Gasteiger charge is -2.46. The molecule has 0 radical (unpaired) electrons. The van der Waals surface area contributed by atoms with Crippen molar-refractivity contribution in [2.75, 3.05) is 6.61 Å². The number of fused-ring (bicyclic) bond motifs is 1. The number of hydrogen-bond donors (Lipinski definition) is 1. The fourth-order valence-corrected chi connectivity index (χ4v) is 4.54. The van der Waals surface area contributed by atoms with Crippen molar-refractivity contribution in [1.29, 1.82) is 0 Å². The van der Waals surface area contributed by atoms with Crippen LogP contribution in [0.15, 0.2) is 50.7 Å². The topological polar surface area (TPSA) is 76.7 Å². The molecule has 5 heteroatoms. The number of hydrogen-bond acceptors (Lipinski definition) is 4. The molecule has 1 heterocycles. The van der Waals surface area contributed by atoms with Crippen molar-refractivity contribution < 1.29 is 19.1 Å². The van der Waals surface area contributed by atoms with Gasteiger partial charge in [-0.05, 0) is 56.2 Å². The molecule has 1 N–H and O–H groups in total. The smallest absolute Gasteiger partial charge is 0.336 e. The number of carbonyl (C=O) groups is 1. The van der Waals surface area contributed by atoms with Gasteiger partial charge in [0, 0.05) is 29.4 Å². The summed E-state index contributed by atoms with van der Waals surface area (Å²) in [5, 5.41) is 9.92. The molecule has 29 heavy (non-hydrogen) atoms. The third-order valence-corrected chi connectivity index (χ3v) is 6.76. The summed E-state index contributed by atoms with van der Waals surface area (Å²) in [5.41, 5.74) is 2.46. The van der Waals surface area contributed by atoms with Crippen LogP contribution in [0.3, 0.4) is 0 Å². The average molecular weight is 398 g/mol. The molecular weight excluding hydrogens is 368 g/mol. The number of carboxylic acid groups (broad SMARTS) is 1. The van der Waals surface area contributed by atoms with Crippen LogP contribution in [-0.2, 0) is 4.79 Å². The lowest BCUT2D eigenvalue weighted by Crippen LogP contribution is -2.41. The van der Waals surface area contributed by atoms with Gasteiger partial charge >= 0.3 is 11.6 Å². The second-order valence-electron chi connectivity index (χ2n) is 8.62. The Labute approximate surface area is 171 Å². The Morgan fingerprint density at radius 1 is 1.24 bits per heavy atom. The largest absolute Gasteiger partial charge is 0.493 e. The summed E-state index contributed by atoms with van der Waals surface area (Å²) in [7, 11) is 0. The van der Waals surface area contributed by atoms with E-state index in [1.165, 1.54) is 17.2 Å². The highest BCUT2D eigenvalue weighted by Gasteiger charge is 2.42. The molecule has 2 aromatic rings. The van der Waals surface area contributed by atoms with E-state index in [4.69, 9.17) is 14.3 Å². The second-order valence-corrected chi connectivity index (χ2v) is 8.62. The van der Waals surface area contributed by atoms with Crippen molar-refractivity contribution in [2.24, 2.45) is 17.3 Å². The minimum atomic E-state index is -0.766. The monoisotopic (exact) mass is 398 g/mol. The van der Waals surface area contributed by atoms with Crippen LogP contribution in [0.1, 0.15) is 53.4 Å². The van der Waals surface area contributed by atoms with E-state index in [2.05, 4.69) is 27.7 Å². The van der Waals surface area contributed by atoms with Crippen LogP contribution >= 0.6 is 0 Å². The molecule has 0 unspecified atom stereocenters. The zero-order valence-corrected chi connectivity index (χ0v) is 17.7. The highest BCUT2D eigenvalue weighted by atomic mass is 16.5. The maximum atomic E-state index is 11.5. The van der Waals surface area contributed by atoms with Gasteiger partial charge in [0.05, 0.1) is 6.61 Å². The van der Waals surface area contributed by atoms with Crippen LogP contribution in [-0.4, -0.2) is 17.7 Å². The lowest BCUT2D eigenvalue weighted by molar-refractivity contribution is -0.136. The van der Waals surface area contributed by atoms with Crippen LogP contribution in [0.5, 0.6) is 5.75 Å². The molecule has 0 saturated heterocycles. The minimum absolute atomic E-state index is 0.153. The molecule has 1 fully saturated rings. The first-order chi connectivity index (χ1) is 13.7. The van der Waals surface area contributed by atoms with Gasteiger partial charge in [-0.1, -0.05) is 31.9 Å². The predicted octanol–water partition coefficient (Wildman–Crippen LogP) is 5.43. The summed E-state index contributed by atoms with van der Waals surface area (Å²) in [5.74, 6) is 0.873. The van der Waals surface area contributed by atoms with E-state index >= 15 is 0 Å². The Bertz CT molecular complexity index is 986. The Balaban J connectivity index is 1.87. The van der Waals surface area contributed by atoms with Crippen molar-refractivity contribution in [2.45, 2.75) is 53.4 Å². The molecule has 3 rings (SSSR count). The third-order valence-electron chi connectivity index (χ3n) is 6.76. The van der Waals surface area contributed by atoms with Gasteiger partial charge in [-0.2, -0.15) is 0 Å². The average Bonchev–Trinajstić information content (AvgIpc) is 2.68. The van der Waals surface area contributed by atoms with Crippen LogP contribution in [0, 0.1) is 17.3 Å². The Hall–Kier alpha value is -2.56. The molecule has 0 bridgehead atoms. The molecule has 1 aliphatic rings. The molecule has 0 spiro atoms. The first kappa shape index (κ1) is 21.2. The number of benzene rings is 1. The molecule has 3 atom stereocenters. The fourth-order valence-electron chi connectivity index (χ4n) is 4.54. The molecule has 1 saturated carbocycles. The van der Waals surface area contributed by atoms with Crippen LogP contribution in [0.25, 0.3) is 11.0 Å². The first-order valence-electron chi connectivity index (χ1n) is 10.3. The molecule has 1 aliphatic carbocycles. The van der Waals surface area contributed by atoms with Gasteiger partial charge in [0.15, 0.2) is 0 Å². The standard InChI is InChI=1S/C24H30O5/c1-15-5-10-20(16(2)6-11-22(25)26)24(4,17(15)3)14-28-19-9-7-18-8-12-23(27)29-21(18)13-19/h7-9,12-13,15,17H,5-6,10-11,14H2,1-4H3,(H,25,26)/t15-,17+,24+/m0/s1. The van der Waals surface area contributed by atoms with Crippen molar-refractivity contribution >= 4 is 16.9 Å². The van der Waals surface area contributed by atoms with E-state index in [9.17, 15) is 9.59 Å². The summed E-state index contributed by atoms with van der Waals surface area (Å²) < 4.78 is 11.5. The van der Waals surface area contributed by atoms with E-state index in [-0.39, 0.29) is 17.5 Å². The molecule has 1 aromatic carbocycles. The molecular formula is C24H30O5. The van der Waals surface area contributed by atoms with Crippen molar-refractivity contribution in [3.8, 4) is 5.75 Å². The normalized spacial score (nSPS) is 26.3. The highest BCUT2D eigenvalue weighted by molar-refractivity contribution is 5.77. The van der Waals surface area contributed by atoms with Gasteiger partial charge < -0.3 is 14.3 Å². The van der Waals surface area contributed by atoms with Gasteiger partial charge in [-0.15, -0.1) is 0 Å². The number of allylic oxidation sites excluding steroid dienone is 1. The maximum absolute atomic E-state index is 11.5. The molecule has 156 valence electrons. The minimum Gasteiger partial charge on any atom is -0.493 e. The van der Waals surface area contributed by atoms with Gasteiger partial charge in [0.1, 0.15) is 11.3 Å². The third kappa shape index (κ3) is 4.55. The van der Waals surface area contributed by atoms with Crippen molar-refractivity contribution in [3.05, 3.63) is 51.9 Å². The summed E-state index contributed by atoms with van der Waals surface area (Å²) >= 11 is 0. The van der Waals surface area contributed by atoms with Gasteiger partial charge in [-0.3, -0.25) is 4.79 Å². The van der Waals surface area contributed by atoms with E-state index in [0.29, 0.717) is 36.2 Å². The Morgan fingerprint density at radius 3 is 2.69 bits per heavy atom. The number of carboxylic acids is 1. The zero-order valence-electron chi connectivity index (χ0n) is 17.7. The molecule has 0 amide bonds. The zero-order chi connectivity index (χ0) is 21.2. The summed E-state index contributed by atoms with van der Waals surface area (Å²) in [4.78, 5) is 22.5. The molecule has 1 aromatic heterocycles. The van der Waals surface area contributed by atoms with Crippen LogP contribution < -0.4 is 10.4 Å². The van der Waals surface area contributed by atoms with E-state index in [1.807, 2.05) is 12.1 Å². The Kier molecular flexibility index (Phi) is 6.15. The van der Waals surface area contributed by atoms with E-state index in [0.717, 1.165) is 18.2 Å². The van der Waals surface area contributed by atoms with Crippen molar-refractivity contribution in [3.63, 3.8) is 0 Å². The fraction of sp³-hybridized carbons (Fsp3) is 0.500. The highest BCUT2D eigenvalue weighted by Crippen LogP contribution is 2.49. The van der Waals surface area contributed by atoms with E-state index < -0.39 is 5.97 Å². The van der Waals surface area contributed by atoms with Gasteiger partial charge in [-0.25, -0.2) is 4.79 Å². The number of rotatable bonds is 6. The second kappa shape index (κ2) is 8.44. The Morgan fingerprint density at radius 2 is 1.97 bits per heavy atom. The maximum Gasteiger partial charge on any atom is 0.336 e. The summed E-state index contributed by atoms with van der Waals surface area (Å²) in [6, 6.07) is 8.69. The SMILES string of the molecule is CC(CCC(=O)O)=C1CC[C@H](C)[C@@H](C)[C@@]1(C)COc1ccc2ccc(=O)oc2c1. The summed E-state index contributed by atoms with van der Waals surface area (Å²) in [6.45, 7) is 9.33. The quantitative estimate of drug-likeness (QED) is 0.519.